The largest absolute Gasteiger partial charge is 0.478 e. The Kier molecular flexibility index (Phi) is 6.20. The topological polar surface area (TPSA) is 112 Å². The molecule has 148 valence electrons. The number of carboxylic acid groups (broad SMARTS) is 1. The van der Waals surface area contributed by atoms with Crippen molar-refractivity contribution in [2.24, 2.45) is 5.16 Å². The lowest BCUT2D eigenvalue weighted by Crippen LogP contribution is -2.16. The van der Waals surface area contributed by atoms with Crippen molar-refractivity contribution >= 4 is 23.3 Å². The highest BCUT2D eigenvalue weighted by Gasteiger charge is 2.16. The number of carbonyl (C=O) groups excluding carboxylic acids is 1. The van der Waals surface area contributed by atoms with E-state index in [0.29, 0.717) is 16.8 Å². The Bertz CT molecular complexity index is 1160. The van der Waals surface area contributed by atoms with E-state index in [4.69, 9.17) is 10.1 Å². The number of nitrogens with one attached hydrogen (secondary N) is 1. The van der Waals surface area contributed by atoms with Crippen molar-refractivity contribution in [3.63, 3.8) is 0 Å². The van der Waals surface area contributed by atoms with Crippen LogP contribution >= 0.6 is 0 Å². The molecule has 7 nitrogen and oxygen atoms in total. The monoisotopic (exact) mass is 399 g/mol. The number of oxime groups is 1. The van der Waals surface area contributed by atoms with Crippen molar-refractivity contribution in [3.8, 4) is 6.07 Å². The maximum Gasteiger partial charge on any atom is 0.337 e. The Morgan fingerprint density at radius 2 is 1.67 bits per heavy atom. The molecular formula is C23H17N3O4. The minimum Gasteiger partial charge on any atom is -0.478 e. The second-order valence-electron chi connectivity index (χ2n) is 6.20. The van der Waals surface area contributed by atoms with Crippen molar-refractivity contribution in [1.82, 2.24) is 0 Å². The minimum atomic E-state index is -1.24. The first kappa shape index (κ1) is 20.3. The lowest BCUT2D eigenvalue weighted by molar-refractivity contribution is 0.0698. The lowest BCUT2D eigenvalue weighted by atomic mass is 10.00. The zero-order valence-corrected chi connectivity index (χ0v) is 16.0. The van der Waals surface area contributed by atoms with Crippen molar-refractivity contribution < 1.29 is 19.5 Å². The lowest BCUT2D eigenvalue weighted by Gasteiger charge is -2.11. The van der Waals surface area contributed by atoms with E-state index in [1.165, 1.54) is 25.3 Å². The molecule has 1 amide bonds. The van der Waals surface area contributed by atoms with Gasteiger partial charge in [-0.05, 0) is 30.3 Å². The highest BCUT2D eigenvalue weighted by molar-refractivity contribution is 6.14. The summed E-state index contributed by atoms with van der Waals surface area (Å²) in [6.07, 6.45) is 0. The Labute approximate surface area is 172 Å². The average Bonchev–Trinajstić information content (AvgIpc) is 2.78. The van der Waals surface area contributed by atoms with E-state index >= 15 is 0 Å². The first-order chi connectivity index (χ1) is 14.5. The van der Waals surface area contributed by atoms with Crippen LogP contribution < -0.4 is 5.32 Å². The summed E-state index contributed by atoms with van der Waals surface area (Å²) in [5.41, 5.74) is 2.47. The average molecular weight is 399 g/mol. The van der Waals surface area contributed by atoms with E-state index in [0.717, 1.165) is 5.56 Å². The molecule has 0 aliphatic heterocycles. The third kappa shape index (κ3) is 4.51. The number of hydrogen-bond donors (Lipinski definition) is 2. The van der Waals surface area contributed by atoms with Gasteiger partial charge in [-0.1, -0.05) is 47.6 Å². The second-order valence-corrected chi connectivity index (χ2v) is 6.20. The number of carbonyl (C=O) groups is 2. The van der Waals surface area contributed by atoms with E-state index in [1.807, 2.05) is 36.4 Å². The minimum absolute atomic E-state index is 0.103. The maximum absolute atomic E-state index is 12.8. The molecule has 0 unspecified atom stereocenters. The molecule has 0 radical (unpaired) electrons. The summed E-state index contributed by atoms with van der Waals surface area (Å²) < 4.78 is 0. The predicted molar refractivity (Wildman–Crippen MR) is 112 cm³/mol. The van der Waals surface area contributed by atoms with Crippen LogP contribution in [-0.2, 0) is 4.84 Å². The summed E-state index contributed by atoms with van der Waals surface area (Å²) in [6, 6.07) is 22.1. The van der Waals surface area contributed by atoms with Crippen molar-refractivity contribution in [2.45, 2.75) is 0 Å². The van der Waals surface area contributed by atoms with Gasteiger partial charge in [-0.15, -0.1) is 0 Å². The molecule has 7 heteroatoms. The van der Waals surface area contributed by atoms with Gasteiger partial charge in [0.2, 0.25) is 0 Å². The molecule has 0 aliphatic carbocycles. The molecule has 3 rings (SSSR count). The zero-order valence-electron chi connectivity index (χ0n) is 16.0. The second kappa shape index (κ2) is 9.17. The number of anilines is 1. The standard InChI is InChI=1S/C23H17N3O4/c1-30-26-21(16-6-3-2-4-7-16)17-8-5-9-18(13-17)22(27)25-20-11-10-15(14-24)12-19(20)23(28)29/h2-13H,1H3,(H,25,27)(H,28,29). The molecule has 0 atom stereocenters. The van der Waals surface area contributed by atoms with Gasteiger partial charge in [-0.3, -0.25) is 4.79 Å². The third-order valence-electron chi connectivity index (χ3n) is 4.26. The van der Waals surface area contributed by atoms with Gasteiger partial charge in [0.25, 0.3) is 5.91 Å². The van der Waals surface area contributed by atoms with Crippen molar-refractivity contribution in [3.05, 3.63) is 101 Å². The third-order valence-corrected chi connectivity index (χ3v) is 4.26. The summed E-state index contributed by atoms with van der Waals surface area (Å²) >= 11 is 0. The van der Waals surface area contributed by atoms with Crippen LogP contribution in [0.3, 0.4) is 0 Å². The van der Waals surface area contributed by atoms with E-state index in [1.54, 1.807) is 24.3 Å². The van der Waals surface area contributed by atoms with Crippen molar-refractivity contribution in [2.75, 3.05) is 12.4 Å². The predicted octanol–water partition coefficient (Wildman–Crippen LogP) is 3.91. The molecule has 0 saturated heterocycles. The molecule has 0 saturated carbocycles. The van der Waals surface area contributed by atoms with Crippen LogP contribution in [0, 0.1) is 11.3 Å². The Morgan fingerprint density at radius 3 is 2.33 bits per heavy atom. The van der Waals surface area contributed by atoms with E-state index in [2.05, 4.69) is 10.5 Å². The maximum atomic E-state index is 12.8. The van der Waals surface area contributed by atoms with Gasteiger partial charge in [-0.2, -0.15) is 5.26 Å². The van der Waals surface area contributed by atoms with Crippen LogP contribution in [0.25, 0.3) is 0 Å². The van der Waals surface area contributed by atoms with Crippen LogP contribution in [-0.4, -0.2) is 29.8 Å². The van der Waals surface area contributed by atoms with Gasteiger partial charge in [0.05, 0.1) is 22.9 Å². The highest BCUT2D eigenvalue weighted by Crippen LogP contribution is 2.20. The fraction of sp³-hybridized carbons (Fsp3) is 0.0435. The Hall–Kier alpha value is -4.44. The van der Waals surface area contributed by atoms with E-state index in [9.17, 15) is 14.7 Å². The van der Waals surface area contributed by atoms with Crippen molar-refractivity contribution in [1.29, 1.82) is 5.26 Å². The zero-order chi connectivity index (χ0) is 21.5. The Balaban J connectivity index is 1.93. The summed E-state index contributed by atoms with van der Waals surface area (Å²) in [4.78, 5) is 29.2. The first-order valence-electron chi connectivity index (χ1n) is 8.89. The molecule has 30 heavy (non-hydrogen) atoms. The van der Waals surface area contributed by atoms with Gasteiger partial charge in [0.1, 0.15) is 12.8 Å². The molecule has 0 aromatic heterocycles. The number of nitriles is 1. The summed E-state index contributed by atoms with van der Waals surface area (Å²) in [5.74, 6) is -1.73. The number of benzene rings is 3. The van der Waals surface area contributed by atoms with Gasteiger partial charge in [0, 0.05) is 16.7 Å². The van der Waals surface area contributed by atoms with Gasteiger partial charge < -0.3 is 15.3 Å². The van der Waals surface area contributed by atoms with Crippen LogP contribution in [0.2, 0.25) is 0 Å². The van der Waals surface area contributed by atoms with E-state index < -0.39 is 11.9 Å². The first-order valence-corrected chi connectivity index (χ1v) is 8.89. The number of hydrogen-bond acceptors (Lipinski definition) is 5. The SMILES string of the molecule is CON=C(c1ccccc1)c1cccc(C(=O)Nc2ccc(C#N)cc2C(=O)O)c1. The summed E-state index contributed by atoms with van der Waals surface area (Å²) in [6.45, 7) is 0. The smallest absolute Gasteiger partial charge is 0.337 e. The van der Waals surface area contributed by atoms with Crippen LogP contribution in [0.5, 0.6) is 0 Å². The highest BCUT2D eigenvalue weighted by atomic mass is 16.6. The fourth-order valence-electron chi connectivity index (χ4n) is 2.86. The quantitative estimate of drug-likeness (QED) is 0.482. The summed E-state index contributed by atoms with van der Waals surface area (Å²) in [5, 5.41) is 25.0. The van der Waals surface area contributed by atoms with E-state index in [-0.39, 0.29) is 16.8 Å². The number of nitrogens with zero attached hydrogens (tertiary/aromatic N) is 2. The number of aromatic carboxylic acids is 1. The molecule has 0 spiro atoms. The summed E-state index contributed by atoms with van der Waals surface area (Å²) in [7, 11) is 1.44. The molecule has 0 fully saturated rings. The number of carboxylic acids is 1. The number of rotatable bonds is 6. The molecular weight excluding hydrogens is 382 g/mol. The van der Waals surface area contributed by atoms with Crippen LogP contribution in [0.4, 0.5) is 5.69 Å². The molecule has 0 aliphatic rings. The van der Waals surface area contributed by atoms with Gasteiger partial charge in [0.15, 0.2) is 0 Å². The van der Waals surface area contributed by atoms with Crippen LogP contribution in [0.15, 0.2) is 78.0 Å². The van der Waals surface area contributed by atoms with Gasteiger partial charge in [-0.25, -0.2) is 4.79 Å². The number of amides is 1. The molecule has 3 aromatic carbocycles. The normalized spacial score (nSPS) is 10.7. The molecule has 0 bridgehead atoms. The Morgan fingerprint density at radius 1 is 0.967 bits per heavy atom. The molecule has 0 heterocycles. The molecule has 3 aromatic rings. The van der Waals surface area contributed by atoms with Gasteiger partial charge >= 0.3 is 5.97 Å². The van der Waals surface area contributed by atoms with Crippen LogP contribution in [0.1, 0.15) is 37.4 Å². The molecule has 2 N–H and O–H groups in total. The fourth-order valence-corrected chi connectivity index (χ4v) is 2.86.